The molecule has 3 rings (SSSR count). The molecule has 2 heterocycles. The van der Waals surface area contributed by atoms with E-state index < -0.39 is 4.92 Å². The third-order valence-electron chi connectivity index (χ3n) is 4.01. The first kappa shape index (κ1) is 21.1. The molecule has 1 saturated heterocycles. The summed E-state index contributed by atoms with van der Waals surface area (Å²) in [5, 5.41) is 14.2. The highest BCUT2D eigenvalue weighted by Crippen LogP contribution is 2.29. The first-order valence-corrected chi connectivity index (χ1v) is 8.86. The largest absolute Gasteiger partial charge is 0.378 e. The van der Waals surface area contributed by atoms with E-state index in [0.717, 1.165) is 37.4 Å². The van der Waals surface area contributed by atoms with Crippen molar-refractivity contribution in [1.29, 1.82) is 0 Å². The summed E-state index contributed by atoms with van der Waals surface area (Å²) in [7, 11) is 0. The molecule has 1 N–H and O–H groups in total. The van der Waals surface area contributed by atoms with Crippen molar-refractivity contribution in [3.05, 3.63) is 45.1 Å². The molecule has 0 spiro atoms. The number of nitrogens with one attached hydrogen (secondary N) is 1. The van der Waals surface area contributed by atoms with Crippen LogP contribution in [-0.2, 0) is 11.2 Å². The number of ether oxygens (including phenoxy) is 1. The summed E-state index contributed by atoms with van der Waals surface area (Å²) in [6, 6.07) is 6.53. The number of hydrogen-bond donors (Lipinski definition) is 1. The predicted molar refractivity (Wildman–Crippen MR) is 108 cm³/mol. The molecular weight excluding hydrogens is 393 g/mol. The molecule has 0 amide bonds. The Labute approximate surface area is 168 Å². The number of anilines is 3. The van der Waals surface area contributed by atoms with Gasteiger partial charge in [-0.2, -0.15) is 4.98 Å². The number of rotatable bonds is 6. The average molecular weight is 414 g/mol. The normalized spacial score (nSPS) is 13.8. The number of hydrogen-bond acceptors (Lipinski definition) is 7. The van der Waals surface area contributed by atoms with Gasteiger partial charge in [0.05, 0.1) is 18.1 Å². The van der Waals surface area contributed by atoms with Crippen LogP contribution in [0.2, 0.25) is 5.02 Å². The van der Waals surface area contributed by atoms with E-state index in [1.807, 2.05) is 6.07 Å². The fraction of sp³-hybridized carbons (Fsp3) is 0.412. The second-order valence-electron chi connectivity index (χ2n) is 5.94. The molecular formula is C17H21Cl2N5O3. The Hall–Kier alpha value is -2.16. The monoisotopic (exact) mass is 413 g/mol. The van der Waals surface area contributed by atoms with E-state index in [4.69, 9.17) is 16.3 Å². The van der Waals surface area contributed by atoms with Gasteiger partial charge in [-0.05, 0) is 18.6 Å². The smallest absolute Gasteiger partial charge is 0.289 e. The Morgan fingerprint density at radius 1 is 1.30 bits per heavy atom. The first-order chi connectivity index (χ1) is 12.6. The highest BCUT2D eigenvalue weighted by Gasteiger charge is 2.16. The number of nitro benzene ring substituents is 1. The molecule has 8 nitrogen and oxygen atoms in total. The number of aryl methyl sites for hydroxylation is 1. The Balaban J connectivity index is 0.00000261. The van der Waals surface area contributed by atoms with Crippen molar-refractivity contribution >= 4 is 47.1 Å². The lowest BCUT2D eigenvalue weighted by atomic mass is 10.2. The lowest BCUT2D eigenvalue weighted by molar-refractivity contribution is -0.384. The van der Waals surface area contributed by atoms with Gasteiger partial charge >= 0.3 is 0 Å². The van der Waals surface area contributed by atoms with Crippen molar-refractivity contribution in [1.82, 2.24) is 9.97 Å². The molecule has 10 heteroatoms. The van der Waals surface area contributed by atoms with E-state index >= 15 is 0 Å². The summed E-state index contributed by atoms with van der Waals surface area (Å²) in [6.45, 7) is 4.97. The van der Waals surface area contributed by atoms with E-state index in [0.29, 0.717) is 24.8 Å². The third-order valence-corrected chi connectivity index (χ3v) is 4.33. The molecule has 1 aromatic carbocycles. The number of nitrogens with zero attached hydrogens (tertiary/aromatic N) is 4. The van der Waals surface area contributed by atoms with E-state index in [1.54, 1.807) is 6.07 Å². The highest BCUT2D eigenvalue weighted by atomic mass is 35.5. The van der Waals surface area contributed by atoms with Crippen molar-refractivity contribution in [2.45, 2.75) is 19.8 Å². The van der Waals surface area contributed by atoms with Crippen molar-refractivity contribution in [2.24, 2.45) is 0 Å². The molecule has 1 aromatic heterocycles. The summed E-state index contributed by atoms with van der Waals surface area (Å²) in [5.74, 6) is 1.24. The van der Waals surface area contributed by atoms with Gasteiger partial charge in [0.1, 0.15) is 10.8 Å². The van der Waals surface area contributed by atoms with Crippen LogP contribution in [-0.4, -0.2) is 41.2 Å². The van der Waals surface area contributed by atoms with Crippen molar-refractivity contribution in [3.8, 4) is 0 Å². The summed E-state index contributed by atoms with van der Waals surface area (Å²) >= 11 is 5.87. The topological polar surface area (TPSA) is 93.4 Å². The Kier molecular flexibility index (Phi) is 7.58. The highest BCUT2D eigenvalue weighted by molar-refractivity contribution is 6.32. The zero-order valence-corrected chi connectivity index (χ0v) is 16.4. The maximum atomic E-state index is 11.1. The number of aromatic nitrogens is 2. The average Bonchev–Trinajstić information content (AvgIpc) is 2.64. The van der Waals surface area contributed by atoms with Gasteiger partial charge in [0.25, 0.3) is 5.69 Å². The van der Waals surface area contributed by atoms with Gasteiger partial charge < -0.3 is 15.0 Å². The Bertz CT molecular complexity index is 800. The van der Waals surface area contributed by atoms with E-state index in [2.05, 4.69) is 27.1 Å². The van der Waals surface area contributed by atoms with E-state index in [9.17, 15) is 10.1 Å². The van der Waals surface area contributed by atoms with Crippen molar-refractivity contribution in [2.75, 3.05) is 36.5 Å². The quantitative estimate of drug-likeness (QED) is 0.564. The van der Waals surface area contributed by atoms with Crippen LogP contribution in [0.5, 0.6) is 0 Å². The minimum absolute atomic E-state index is 0. The lowest BCUT2D eigenvalue weighted by Gasteiger charge is -2.28. The van der Waals surface area contributed by atoms with Crippen LogP contribution in [0.4, 0.5) is 23.1 Å². The number of benzene rings is 1. The molecule has 1 aliphatic heterocycles. The Morgan fingerprint density at radius 2 is 2.04 bits per heavy atom. The summed E-state index contributed by atoms with van der Waals surface area (Å²) in [6.07, 6.45) is 1.79. The van der Waals surface area contributed by atoms with Gasteiger partial charge in [-0.15, -0.1) is 12.4 Å². The zero-order chi connectivity index (χ0) is 18.5. The van der Waals surface area contributed by atoms with Gasteiger partial charge in [-0.3, -0.25) is 10.1 Å². The fourth-order valence-electron chi connectivity index (χ4n) is 2.74. The van der Waals surface area contributed by atoms with E-state index in [-0.39, 0.29) is 23.1 Å². The Morgan fingerprint density at radius 3 is 2.70 bits per heavy atom. The predicted octanol–water partition coefficient (Wildman–Crippen LogP) is 3.99. The van der Waals surface area contributed by atoms with E-state index in [1.165, 1.54) is 12.1 Å². The fourth-order valence-corrected chi connectivity index (χ4v) is 2.92. The second-order valence-corrected chi connectivity index (χ2v) is 6.35. The molecule has 1 aliphatic rings. The number of morpholine rings is 1. The summed E-state index contributed by atoms with van der Waals surface area (Å²) in [4.78, 5) is 21.8. The molecule has 0 saturated carbocycles. The molecule has 2 aromatic rings. The van der Waals surface area contributed by atoms with Gasteiger partial charge in [0, 0.05) is 36.6 Å². The molecule has 0 radical (unpaired) electrons. The number of nitro groups is 1. The third kappa shape index (κ3) is 5.41. The standard InChI is InChI=1S/C17H20ClN5O3.ClH/c1-2-3-12-11-16(22-6-8-26-9-7-22)21-17(19-12)20-13-4-5-14(18)15(10-13)23(24)25;/h4-5,10-11H,2-3,6-9H2,1H3,(H,19,20,21);1H. The van der Waals surface area contributed by atoms with Crippen LogP contribution in [0.25, 0.3) is 0 Å². The van der Waals surface area contributed by atoms with Gasteiger partial charge in [-0.25, -0.2) is 4.98 Å². The molecule has 0 unspecified atom stereocenters. The maximum absolute atomic E-state index is 11.1. The summed E-state index contributed by atoms with van der Waals surface area (Å²) in [5.41, 5.74) is 1.28. The first-order valence-electron chi connectivity index (χ1n) is 8.48. The van der Waals surface area contributed by atoms with Crippen LogP contribution in [0.1, 0.15) is 19.0 Å². The van der Waals surface area contributed by atoms with Crippen LogP contribution in [0, 0.1) is 10.1 Å². The molecule has 1 fully saturated rings. The van der Waals surface area contributed by atoms with Gasteiger partial charge in [0.15, 0.2) is 0 Å². The van der Waals surface area contributed by atoms with Crippen molar-refractivity contribution < 1.29 is 9.66 Å². The molecule has 0 aliphatic carbocycles. The second kappa shape index (κ2) is 9.68. The van der Waals surface area contributed by atoms with Crippen LogP contribution >= 0.6 is 24.0 Å². The molecule has 0 bridgehead atoms. The minimum Gasteiger partial charge on any atom is -0.378 e. The molecule has 0 atom stereocenters. The number of halogens is 2. The SMILES string of the molecule is CCCc1cc(N2CCOCC2)nc(Nc2ccc(Cl)c([N+](=O)[O-])c2)n1.Cl. The van der Waals surface area contributed by atoms with Crippen LogP contribution < -0.4 is 10.2 Å². The zero-order valence-electron chi connectivity index (χ0n) is 14.9. The summed E-state index contributed by atoms with van der Waals surface area (Å²) < 4.78 is 5.39. The van der Waals surface area contributed by atoms with Gasteiger partial charge in [-0.1, -0.05) is 24.9 Å². The van der Waals surface area contributed by atoms with Gasteiger partial charge in [0.2, 0.25) is 5.95 Å². The maximum Gasteiger partial charge on any atom is 0.289 e. The lowest BCUT2D eigenvalue weighted by Crippen LogP contribution is -2.37. The van der Waals surface area contributed by atoms with Crippen LogP contribution in [0.15, 0.2) is 24.3 Å². The van der Waals surface area contributed by atoms with Crippen molar-refractivity contribution in [3.63, 3.8) is 0 Å². The van der Waals surface area contributed by atoms with Crippen LogP contribution in [0.3, 0.4) is 0 Å². The minimum atomic E-state index is -0.513. The molecule has 146 valence electrons. The molecule has 27 heavy (non-hydrogen) atoms.